The van der Waals surface area contributed by atoms with Gasteiger partial charge in [0.15, 0.2) is 11.6 Å². The molecule has 0 saturated heterocycles. The van der Waals surface area contributed by atoms with Crippen LogP contribution in [0.25, 0.3) is 22.6 Å². The molecule has 0 aliphatic heterocycles. The van der Waals surface area contributed by atoms with Gasteiger partial charge in [-0.25, -0.2) is 4.98 Å². The van der Waals surface area contributed by atoms with Crippen LogP contribution in [0, 0.1) is 5.92 Å². The highest BCUT2D eigenvalue weighted by molar-refractivity contribution is 6.30. The summed E-state index contributed by atoms with van der Waals surface area (Å²) in [5, 5.41) is 3.84. The predicted octanol–water partition coefficient (Wildman–Crippen LogP) is 5.82. The molecule has 4 rings (SSSR count). The van der Waals surface area contributed by atoms with Crippen LogP contribution in [-0.2, 0) is 13.0 Å². The molecule has 4 aromatic rings. The Morgan fingerprint density at radius 2 is 2.00 bits per heavy atom. The van der Waals surface area contributed by atoms with Gasteiger partial charge in [0.1, 0.15) is 11.5 Å². The summed E-state index contributed by atoms with van der Waals surface area (Å²) in [6.07, 6.45) is 0.598. The predicted molar refractivity (Wildman–Crippen MR) is 121 cm³/mol. The monoisotopic (exact) mass is 423 g/mol. The highest BCUT2D eigenvalue weighted by atomic mass is 35.5. The number of hydrogen-bond donors (Lipinski definition) is 2. The number of H-pyrrole nitrogens is 1. The number of halogens is 1. The second-order valence-corrected chi connectivity index (χ2v) is 8.30. The first-order chi connectivity index (χ1) is 14.5. The summed E-state index contributed by atoms with van der Waals surface area (Å²) in [5.74, 6) is 3.55. The molecule has 0 radical (unpaired) electrons. The molecule has 6 heteroatoms. The number of aromatic nitrogens is 2. The minimum absolute atomic E-state index is 0.449. The highest BCUT2D eigenvalue weighted by Crippen LogP contribution is 2.29. The van der Waals surface area contributed by atoms with Crippen molar-refractivity contribution < 1.29 is 9.15 Å². The van der Waals surface area contributed by atoms with E-state index < -0.39 is 0 Å². The van der Waals surface area contributed by atoms with Crippen molar-refractivity contribution in [2.75, 3.05) is 13.7 Å². The standard InChI is InChI=1S/C24H26ClN3O2/c1-15(2)14-29-22-8-5-18(25)11-17(22)12-19-6-9-23(30-19)24-27-20-7-4-16(13-26-3)10-21(20)28-24/h4-11,15,26H,12-14H2,1-3H3,(H,27,28). The summed E-state index contributed by atoms with van der Waals surface area (Å²) in [7, 11) is 1.93. The first-order valence-corrected chi connectivity index (χ1v) is 10.5. The third kappa shape index (κ3) is 4.69. The van der Waals surface area contributed by atoms with E-state index >= 15 is 0 Å². The van der Waals surface area contributed by atoms with Gasteiger partial charge in [0.25, 0.3) is 0 Å². The third-order valence-electron chi connectivity index (χ3n) is 4.78. The third-order valence-corrected chi connectivity index (χ3v) is 5.02. The Morgan fingerprint density at radius 1 is 1.13 bits per heavy atom. The van der Waals surface area contributed by atoms with E-state index in [-0.39, 0.29) is 0 Å². The number of fused-ring (bicyclic) bond motifs is 1. The van der Waals surface area contributed by atoms with Crippen LogP contribution in [0.2, 0.25) is 5.02 Å². The zero-order valence-electron chi connectivity index (χ0n) is 17.5. The molecule has 2 aromatic heterocycles. The van der Waals surface area contributed by atoms with Crippen LogP contribution in [0.4, 0.5) is 0 Å². The molecule has 2 heterocycles. The Labute approximate surface area is 181 Å². The van der Waals surface area contributed by atoms with Gasteiger partial charge in [0, 0.05) is 23.6 Å². The maximum atomic E-state index is 6.22. The van der Waals surface area contributed by atoms with E-state index in [0.29, 0.717) is 29.7 Å². The van der Waals surface area contributed by atoms with Crippen molar-refractivity contribution in [3.63, 3.8) is 0 Å². The van der Waals surface area contributed by atoms with Gasteiger partial charge >= 0.3 is 0 Å². The number of ether oxygens (including phenoxy) is 1. The lowest BCUT2D eigenvalue weighted by Crippen LogP contribution is -2.06. The van der Waals surface area contributed by atoms with Gasteiger partial charge in [-0.05, 0) is 61.0 Å². The summed E-state index contributed by atoms with van der Waals surface area (Å²) in [5.41, 5.74) is 4.11. The fraction of sp³-hybridized carbons (Fsp3) is 0.292. The smallest absolute Gasteiger partial charge is 0.174 e. The molecule has 0 unspecified atom stereocenters. The average molecular weight is 424 g/mol. The largest absolute Gasteiger partial charge is 0.493 e. The van der Waals surface area contributed by atoms with Crippen LogP contribution in [0.15, 0.2) is 52.9 Å². The van der Waals surface area contributed by atoms with Crippen molar-refractivity contribution in [1.82, 2.24) is 15.3 Å². The molecule has 2 N–H and O–H groups in total. The minimum Gasteiger partial charge on any atom is -0.493 e. The molecule has 0 aliphatic carbocycles. The van der Waals surface area contributed by atoms with E-state index in [4.69, 9.17) is 25.7 Å². The average Bonchev–Trinajstić information content (AvgIpc) is 3.34. The Hall–Kier alpha value is -2.76. The molecular formula is C24H26ClN3O2. The molecule has 156 valence electrons. The fourth-order valence-corrected chi connectivity index (χ4v) is 3.55. The first-order valence-electron chi connectivity index (χ1n) is 10.2. The normalized spacial score (nSPS) is 11.5. The topological polar surface area (TPSA) is 63.1 Å². The van der Waals surface area contributed by atoms with E-state index in [2.05, 4.69) is 36.3 Å². The summed E-state index contributed by atoms with van der Waals surface area (Å²) in [6, 6.07) is 15.8. The molecule has 0 amide bonds. The minimum atomic E-state index is 0.449. The number of imidazole rings is 1. The summed E-state index contributed by atoms with van der Waals surface area (Å²) < 4.78 is 12.1. The van der Waals surface area contributed by atoms with Crippen LogP contribution < -0.4 is 10.1 Å². The molecule has 0 saturated carbocycles. The highest BCUT2D eigenvalue weighted by Gasteiger charge is 2.13. The molecule has 5 nitrogen and oxygen atoms in total. The van der Waals surface area contributed by atoms with Crippen molar-refractivity contribution >= 4 is 22.6 Å². The van der Waals surface area contributed by atoms with Crippen LogP contribution in [-0.4, -0.2) is 23.6 Å². The summed E-state index contributed by atoms with van der Waals surface area (Å²) >= 11 is 6.22. The molecule has 0 fully saturated rings. The number of nitrogens with zero attached hydrogens (tertiary/aromatic N) is 1. The summed E-state index contributed by atoms with van der Waals surface area (Å²) in [6.45, 7) is 5.73. The van der Waals surface area contributed by atoms with Crippen molar-refractivity contribution in [2.45, 2.75) is 26.8 Å². The van der Waals surface area contributed by atoms with Crippen LogP contribution >= 0.6 is 11.6 Å². The Bertz CT molecular complexity index is 1150. The van der Waals surface area contributed by atoms with Gasteiger partial charge < -0.3 is 19.5 Å². The van der Waals surface area contributed by atoms with Gasteiger partial charge in [0.05, 0.1) is 17.6 Å². The molecule has 0 bridgehead atoms. The van der Waals surface area contributed by atoms with Crippen molar-refractivity contribution in [3.8, 4) is 17.3 Å². The number of furan rings is 1. The van der Waals surface area contributed by atoms with E-state index in [1.807, 2.05) is 43.4 Å². The number of rotatable bonds is 8. The van der Waals surface area contributed by atoms with Gasteiger partial charge in [-0.2, -0.15) is 0 Å². The number of hydrogen-bond acceptors (Lipinski definition) is 4. The van der Waals surface area contributed by atoms with Crippen LogP contribution in [0.1, 0.15) is 30.7 Å². The quantitative estimate of drug-likeness (QED) is 0.374. The van der Waals surface area contributed by atoms with Gasteiger partial charge in [-0.1, -0.05) is 31.5 Å². The molecule has 0 spiro atoms. The SMILES string of the molecule is CNCc1ccc2[nH]c(-c3ccc(Cc4cc(Cl)ccc4OCC(C)C)o3)nc2c1. The van der Waals surface area contributed by atoms with Gasteiger partial charge in [0.2, 0.25) is 0 Å². The van der Waals surface area contributed by atoms with Crippen molar-refractivity contribution in [2.24, 2.45) is 5.92 Å². The zero-order chi connectivity index (χ0) is 21.1. The van der Waals surface area contributed by atoms with E-state index in [0.717, 1.165) is 40.5 Å². The number of aromatic amines is 1. The lowest BCUT2D eigenvalue weighted by atomic mass is 10.1. The van der Waals surface area contributed by atoms with Crippen LogP contribution in [0.5, 0.6) is 5.75 Å². The molecule has 30 heavy (non-hydrogen) atoms. The Morgan fingerprint density at radius 3 is 2.80 bits per heavy atom. The fourth-order valence-electron chi connectivity index (χ4n) is 3.35. The second kappa shape index (κ2) is 8.94. The second-order valence-electron chi connectivity index (χ2n) is 7.87. The van der Waals surface area contributed by atoms with E-state index in [9.17, 15) is 0 Å². The van der Waals surface area contributed by atoms with Gasteiger partial charge in [-0.3, -0.25) is 0 Å². The van der Waals surface area contributed by atoms with E-state index in [1.54, 1.807) is 0 Å². The maximum Gasteiger partial charge on any atom is 0.174 e. The van der Waals surface area contributed by atoms with E-state index in [1.165, 1.54) is 5.56 Å². The van der Waals surface area contributed by atoms with Crippen molar-refractivity contribution in [3.05, 3.63) is 70.4 Å². The molecule has 0 atom stereocenters. The maximum absolute atomic E-state index is 6.22. The Kier molecular flexibility index (Phi) is 6.11. The lowest BCUT2D eigenvalue weighted by molar-refractivity contribution is 0.268. The Balaban J connectivity index is 1.56. The molecule has 2 aromatic carbocycles. The lowest BCUT2D eigenvalue weighted by Gasteiger charge is -2.13. The number of benzene rings is 2. The van der Waals surface area contributed by atoms with Crippen molar-refractivity contribution in [1.29, 1.82) is 0 Å². The number of nitrogens with one attached hydrogen (secondary N) is 2. The summed E-state index contributed by atoms with van der Waals surface area (Å²) in [4.78, 5) is 8.04. The molecule has 0 aliphatic rings. The first kappa shape index (κ1) is 20.5. The van der Waals surface area contributed by atoms with Crippen LogP contribution in [0.3, 0.4) is 0 Å². The zero-order valence-corrected chi connectivity index (χ0v) is 18.2. The van der Waals surface area contributed by atoms with Gasteiger partial charge in [-0.15, -0.1) is 0 Å². The molecular weight excluding hydrogens is 398 g/mol.